The number of nitrogens with zero attached hydrogens (tertiary/aromatic N) is 4. The standard InChI is InChI=1S/C17H18Cl3N5OS/c18-10-7-12(19)15(13(20)8-10)21-14(26)9-27-17-23-22-16(24-5-1-2-6-24)25(17)11-3-4-11/h7-8,11H,1-6,9H2,(H,21,26). The van der Waals surface area contributed by atoms with E-state index in [4.69, 9.17) is 34.8 Å². The summed E-state index contributed by atoms with van der Waals surface area (Å²) in [7, 11) is 0. The van der Waals surface area contributed by atoms with Gasteiger partial charge in [-0.2, -0.15) is 0 Å². The molecule has 27 heavy (non-hydrogen) atoms. The van der Waals surface area contributed by atoms with Gasteiger partial charge in [-0.05, 0) is 37.8 Å². The first-order chi connectivity index (χ1) is 13.0. The molecule has 0 unspecified atom stereocenters. The zero-order valence-corrected chi connectivity index (χ0v) is 17.5. The predicted molar refractivity (Wildman–Crippen MR) is 111 cm³/mol. The number of carbonyl (C=O) groups is 1. The van der Waals surface area contributed by atoms with Crippen LogP contribution in [0, 0.1) is 0 Å². The molecule has 1 aromatic carbocycles. The number of aromatic nitrogens is 3. The molecule has 0 atom stereocenters. The summed E-state index contributed by atoms with van der Waals surface area (Å²) >= 11 is 19.5. The lowest BCUT2D eigenvalue weighted by Gasteiger charge is -2.18. The second-order valence-electron chi connectivity index (χ2n) is 6.66. The van der Waals surface area contributed by atoms with Crippen LogP contribution < -0.4 is 10.2 Å². The molecule has 1 saturated carbocycles. The number of thioether (sulfide) groups is 1. The van der Waals surface area contributed by atoms with Crippen LogP contribution in [0.25, 0.3) is 0 Å². The average molecular weight is 447 g/mol. The highest BCUT2D eigenvalue weighted by Crippen LogP contribution is 2.41. The minimum Gasteiger partial charge on any atom is -0.341 e. The molecule has 0 radical (unpaired) electrons. The molecule has 1 aliphatic carbocycles. The van der Waals surface area contributed by atoms with Crippen LogP contribution in [0.1, 0.15) is 31.7 Å². The summed E-state index contributed by atoms with van der Waals surface area (Å²) < 4.78 is 2.19. The molecule has 0 spiro atoms. The molecular formula is C17H18Cl3N5OS. The summed E-state index contributed by atoms with van der Waals surface area (Å²) in [6, 6.07) is 3.54. The Morgan fingerprint density at radius 2 is 1.81 bits per heavy atom. The monoisotopic (exact) mass is 445 g/mol. The van der Waals surface area contributed by atoms with E-state index >= 15 is 0 Å². The van der Waals surface area contributed by atoms with E-state index in [0.717, 1.165) is 37.0 Å². The lowest BCUT2D eigenvalue weighted by molar-refractivity contribution is -0.113. The van der Waals surface area contributed by atoms with Crippen molar-refractivity contribution in [1.29, 1.82) is 0 Å². The summed E-state index contributed by atoms with van der Waals surface area (Å²) in [5.74, 6) is 0.918. The third-order valence-corrected chi connectivity index (χ3v) is 6.31. The van der Waals surface area contributed by atoms with Gasteiger partial charge in [0, 0.05) is 24.2 Å². The largest absolute Gasteiger partial charge is 0.341 e. The summed E-state index contributed by atoms with van der Waals surface area (Å²) in [6.07, 6.45) is 4.64. The van der Waals surface area contributed by atoms with E-state index in [1.54, 1.807) is 12.1 Å². The Morgan fingerprint density at radius 1 is 1.15 bits per heavy atom. The van der Waals surface area contributed by atoms with E-state index in [-0.39, 0.29) is 11.7 Å². The summed E-state index contributed by atoms with van der Waals surface area (Å²) in [5.41, 5.74) is 0.370. The SMILES string of the molecule is O=C(CSc1nnc(N2CCCC2)n1C1CC1)Nc1c(Cl)cc(Cl)cc1Cl. The maximum Gasteiger partial charge on any atom is 0.234 e. The lowest BCUT2D eigenvalue weighted by atomic mass is 10.3. The fourth-order valence-corrected chi connectivity index (χ4v) is 4.83. The van der Waals surface area contributed by atoms with Crippen LogP contribution in [0.4, 0.5) is 11.6 Å². The molecule has 6 nitrogen and oxygen atoms in total. The Hall–Kier alpha value is -1.15. The molecule has 2 heterocycles. The topological polar surface area (TPSA) is 63.1 Å². The molecule has 1 saturated heterocycles. The zero-order valence-electron chi connectivity index (χ0n) is 14.4. The number of hydrogen-bond acceptors (Lipinski definition) is 5. The van der Waals surface area contributed by atoms with Crippen LogP contribution in [0.3, 0.4) is 0 Å². The molecule has 0 bridgehead atoms. The molecule has 4 rings (SSSR count). The van der Waals surface area contributed by atoms with Crippen LogP contribution in [0.2, 0.25) is 15.1 Å². The van der Waals surface area contributed by atoms with Crippen LogP contribution in [0.15, 0.2) is 17.3 Å². The third-order valence-electron chi connectivity index (χ3n) is 4.55. The van der Waals surface area contributed by atoms with Crippen molar-refractivity contribution in [2.45, 2.75) is 36.9 Å². The van der Waals surface area contributed by atoms with E-state index in [9.17, 15) is 4.79 Å². The van der Waals surface area contributed by atoms with Gasteiger partial charge in [-0.15, -0.1) is 10.2 Å². The van der Waals surface area contributed by atoms with E-state index in [2.05, 4.69) is 25.0 Å². The van der Waals surface area contributed by atoms with Gasteiger partial charge >= 0.3 is 0 Å². The van der Waals surface area contributed by atoms with Crippen LogP contribution in [-0.2, 0) is 4.79 Å². The highest BCUT2D eigenvalue weighted by atomic mass is 35.5. The number of anilines is 2. The number of nitrogens with one attached hydrogen (secondary N) is 1. The first kappa shape index (κ1) is 19.2. The summed E-state index contributed by atoms with van der Waals surface area (Å²) in [4.78, 5) is 14.7. The minimum absolute atomic E-state index is 0.195. The van der Waals surface area contributed by atoms with Crippen molar-refractivity contribution < 1.29 is 4.79 Å². The van der Waals surface area contributed by atoms with Gasteiger partial charge in [0.05, 0.1) is 21.5 Å². The second-order valence-corrected chi connectivity index (χ2v) is 8.85. The van der Waals surface area contributed by atoms with Crippen molar-refractivity contribution in [3.8, 4) is 0 Å². The summed E-state index contributed by atoms with van der Waals surface area (Å²) in [5, 5.41) is 13.3. The molecule has 144 valence electrons. The number of halogens is 3. The normalized spacial score (nSPS) is 16.8. The molecule has 10 heteroatoms. The van der Waals surface area contributed by atoms with Crippen molar-refractivity contribution in [3.05, 3.63) is 27.2 Å². The smallest absolute Gasteiger partial charge is 0.234 e. The number of carbonyl (C=O) groups excluding carboxylic acids is 1. The van der Waals surface area contributed by atoms with Crippen molar-refractivity contribution in [2.75, 3.05) is 29.1 Å². The molecule has 2 aromatic rings. The Kier molecular flexibility index (Phi) is 5.73. The van der Waals surface area contributed by atoms with E-state index in [1.807, 2.05) is 0 Å². The Labute approximate surface area is 176 Å². The lowest BCUT2D eigenvalue weighted by Crippen LogP contribution is -2.22. The van der Waals surface area contributed by atoms with E-state index < -0.39 is 0 Å². The molecule has 1 amide bonds. The quantitative estimate of drug-likeness (QED) is 0.639. The number of hydrogen-bond donors (Lipinski definition) is 1. The highest BCUT2D eigenvalue weighted by Gasteiger charge is 2.32. The summed E-state index contributed by atoms with van der Waals surface area (Å²) in [6.45, 7) is 2.03. The highest BCUT2D eigenvalue weighted by molar-refractivity contribution is 7.99. The van der Waals surface area contributed by atoms with Gasteiger partial charge in [0.2, 0.25) is 11.9 Å². The molecule has 2 fully saturated rings. The van der Waals surface area contributed by atoms with Crippen LogP contribution in [-0.4, -0.2) is 39.5 Å². The number of benzene rings is 1. The molecule has 1 aliphatic heterocycles. The van der Waals surface area contributed by atoms with Gasteiger partial charge in [0.15, 0.2) is 5.16 Å². The first-order valence-electron chi connectivity index (χ1n) is 8.80. The van der Waals surface area contributed by atoms with Crippen molar-refractivity contribution >= 4 is 64.1 Å². The predicted octanol–water partition coefficient (Wildman–Crippen LogP) is 4.90. The molecule has 2 aliphatic rings. The third kappa shape index (κ3) is 4.31. The fourth-order valence-electron chi connectivity index (χ4n) is 3.12. The Morgan fingerprint density at radius 3 is 2.44 bits per heavy atom. The Balaban J connectivity index is 1.44. The zero-order chi connectivity index (χ0) is 19.0. The van der Waals surface area contributed by atoms with Gasteiger partial charge in [-0.1, -0.05) is 46.6 Å². The van der Waals surface area contributed by atoms with Gasteiger partial charge in [-0.25, -0.2) is 0 Å². The number of amides is 1. The van der Waals surface area contributed by atoms with Crippen molar-refractivity contribution in [3.63, 3.8) is 0 Å². The molecular weight excluding hydrogens is 429 g/mol. The molecule has 1 aromatic heterocycles. The van der Waals surface area contributed by atoms with Crippen molar-refractivity contribution in [2.24, 2.45) is 0 Å². The van der Waals surface area contributed by atoms with Gasteiger partial charge < -0.3 is 10.2 Å². The molecule has 1 N–H and O–H groups in total. The van der Waals surface area contributed by atoms with E-state index in [0.29, 0.717) is 26.8 Å². The maximum absolute atomic E-state index is 12.4. The average Bonchev–Trinajstić information content (AvgIpc) is 3.15. The van der Waals surface area contributed by atoms with Crippen molar-refractivity contribution in [1.82, 2.24) is 14.8 Å². The van der Waals surface area contributed by atoms with Gasteiger partial charge in [-0.3, -0.25) is 9.36 Å². The minimum atomic E-state index is -0.209. The van der Waals surface area contributed by atoms with E-state index in [1.165, 1.54) is 24.6 Å². The number of rotatable bonds is 6. The fraction of sp³-hybridized carbons (Fsp3) is 0.471. The first-order valence-corrected chi connectivity index (χ1v) is 10.9. The second kappa shape index (κ2) is 8.07. The maximum atomic E-state index is 12.4. The van der Waals surface area contributed by atoms with Gasteiger partial charge in [0.1, 0.15) is 0 Å². The van der Waals surface area contributed by atoms with Crippen LogP contribution in [0.5, 0.6) is 0 Å². The van der Waals surface area contributed by atoms with Gasteiger partial charge in [0.25, 0.3) is 0 Å². The Bertz CT molecular complexity index is 841. The van der Waals surface area contributed by atoms with Crippen LogP contribution >= 0.6 is 46.6 Å².